The molecule has 2 aromatic rings. The van der Waals surface area contributed by atoms with Crippen molar-refractivity contribution in [3.05, 3.63) is 44.4 Å². The lowest BCUT2D eigenvalue weighted by molar-refractivity contribution is 0.102. The van der Waals surface area contributed by atoms with E-state index < -0.39 is 0 Å². The number of rotatable bonds is 3. The van der Waals surface area contributed by atoms with Gasteiger partial charge in [0.1, 0.15) is 5.82 Å². The van der Waals surface area contributed by atoms with Crippen LogP contribution in [0, 0.1) is 15.9 Å². The number of carbonyl (C=O) groups excluding carboxylic acids is 1. The standard InChI is InChI=1S/C19H20ClIN4O/c1-12-10-16(24-18(20)22-12)23-17(26)14-3-2-13(21)11-15(14)25-8-6-19(4-5-19)7-9-25/h2-3,10-11H,4-9H2,1H3,(H,22,23,24,26). The summed E-state index contributed by atoms with van der Waals surface area (Å²) in [4.78, 5) is 23.4. The first kappa shape index (κ1) is 18.0. The van der Waals surface area contributed by atoms with Gasteiger partial charge in [-0.15, -0.1) is 0 Å². The Bertz CT molecular complexity index is 838. The number of nitrogens with zero attached hydrogens (tertiary/aromatic N) is 3. The van der Waals surface area contributed by atoms with Gasteiger partial charge in [-0.25, -0.2) is 9.97 Å². The Kier molecular flexibility index (Phi) is 4.81. The number of carbonyl (C=O) groups is 1. The van der Waals surface area contributed by atoms with Crippen molar-refractivity contribution in [3.8, 4) is 0 Å². The molecule has 1 aromatic heterocycles. The van der Waals surface area contributed by atoms with Crippen LogP contribution in [-0.2, 0) is 0 Å². The maximum absolute atomic E-state index is 12.9. The number of hydrogen-bond donors (Lipinski definition) is 1. The third-order valence-electron chi connectivity index (χ3n) is 5.39. The number of amides is 1. The molecule has 0 unspecified atom stereocenters. The second-order valence-corrected chi connectivity index (χ2v) is 8.85. The minimum Gasteiger partial charge on any atom is -0.371 e. The SMILES string of the molecule is Cc1cc(NC(=O)c2ccc(I)cc2N2CCC3(CC2)CC3)nc(Cl)n1. The molecule has 1 aliphatic heterocycles. The highest BCUT2D eigenvalue weighted by molar-refractivity contribution is 14.1. The van der Waals surface area contributed by atoms with Gasteiger partial charge >= 0.3 is 0 Å². The van der Waals surface area contributed by atoms with Crippen LogP contribution in [0.1, 0.15) is 41.7 Å². The van der Waals surface area contributed by atoms with E-state index in [1.807, 2.05) is 19.1 Å². The zero-order valence-electron chi connectivity index (χ0n) is 14.6. The molecule has 1 spiro atoms. The van der Waals surface area contributed by atoms with Crippen molar-refractivity contribution in [2.24, 2.45) is 5.41 Å². The van der Waals surface area contributed by atoms with Gasteiger partial charge in [0.05, 0.1) is 11.3 Å². The molecule has 7 heteroatoms. The fourth-order valence-corrected chi connectivity index (χ4v) is 4.34. The van der Waals surface area contributed by atoms with Gasteiger partial charge in [-0.05, 0) is 90.4 Å². The van der Waals surface area contributed by atoms with Crippen molar-refractivity contribution in [1.29, 1.82) is 0 Å². The minimum absolute atomic E-state index is 0.133. The highest BCUT2D eigenvalue weighted by Gasteiger charge is 2.44. The summed E-state index contributed by atoms with van der Waals surface area (Å²) < 4.78 is 1.13. The lowest BCUT2D eigenvalue weighted by Gasteiger charge is -2.35. The van der Waals surface area contributed by atoms with Gasteiger partial charge in [0.15, 0.2) is 0 Å². The van der Waals surface area contributed by atoms with E-state index >= 15 is 0 Å². The number of hydrogen-bond acceptors (Lipinski definition) is 4. The smallest absolute Gasteiger partial charge is 0.258 e. The molecule has 0 bridgehead atoms. The summed E-state index contributed by atoms with van der Waals surface area (Å²) in [5, 5.41) is 3.00. The van der Waals surface area contributed by atoms with Crippen molar-refractivity contribution in [1.82, 2.24) is 9.97 Å². The van der Waals surface area contributed by atoms with Gasteiger partial charge in [-0.1, -0.05) is 0 Å². The first-order valence-corrected chi connectivity index (χ1v) is 10.3. The molecule has 0 atom stereocenters. The number of anilines is 2. The number of aryl methyl sites for hydroxylation is 1. The molecular weight excluding hydrogens is 463 g/mol. The van der Waals surface area contributed by atoms with Gasteiger partial charge < -0.3 is 10.2 Å². The summed E-state index contributed by atoms with van der Waals surface area (Å²) in [6, 6.07) is 7.67. The molecule has 1 aliphatic carbocycles. The largest absolute Gasteiger partial charge is 0.371 e. The van der Waals surface area contributed by atoms with Crippen molar-refractivity contribution in [2.75, 3.05) is 23.3 Å². The van der Waals surface area contributed by atoms with Crippen molar-refractivity contribution in [2.45, 2.75) is 32.6 Å². The zero-order valence-corrected chi connectivity index (χ0v) is 17.5. The number of benzene rings is 1. The summed E-state index contributed by atoms with van der Waals surface area (Å²) in [5.74, 6) is 0.254. The van der Waals surface area contributed by atoms with Gasteiger partial charge in [-0.2, -0.15) is 0 Å². The van der Waals surface area contributed by atoms with E-state index in [0.717, 1.165) is 22.3 Å². The molecule has 1 amide bonds. The van der Waals surface area contributed by atoms with E-state index in [1.54, 1.807) is 6.07 Å². The van der Waals surface area contributed by atoms with E-state index in [9.17, 15) is 4.79 Å². The van der Waals surface area contributed by atoms with E-state index in [-0.39, 0.29) is 11.2 Å². The summed E-state index contributed by atoms with van der Waals surface area (Å²) >= 11 is 8.20. The maximum atomic E-state index is 12.9. The second kappa shape index (κ2) is 6.96. The predicted octanol–water partition coefficient (Wildman–Crippen LogP) is 4.68. The molecule has 5 nitrogen and oxygen atoms in total. The molecular formula is C19H20ClIN4O. The van der Waals surface area contributed by atoms with Crippen molar-refractivity contribution >= 4 is 51.6 Å². The van der Waals surface area contributed by atoms with Crippen LogP contribution in [0.5, 0.6) is 0 Å². The van der Waals surface area contributed by atoms with E-state index in [1.165, 1.54) is 25.7 Å². The Hall–Kier alpha value is -1.41. The molecule has 4 rings (SSSR count). The molecule has 1 saturated carbocycles. The lowest BCUT2D eigenvalue weighted by Crippen LogP contribution is -2.35. The first-order valence-electron chi connectivity index (χ1n) is 8.81. The van der Waals surface area contributed by atoms with Gasteiger partial charge in [0, 0.05) is 28.4 Å². The quantitative estimate of drug-likeness (QED) is 0.510. The van der Waals surface area contributed by atoms with Gasteiger partial charge in [0.2, 0.25) is 5.28 Å². The van der Waals surface area contributed by atoms with Crippen molar-refractivity contribution < 1.29 is 4.79 Å². The Morgan fingerprint density at radius 3 is 2.58 bits per heavy atom. The summed E-state index contributed by atoms with van der Waals surface area (Å²) in [7, 11) is 0. The molecule has 2 aliphatic rings. The molecule has 1 N–H and O–H groups in total. The van der Waals surface area contributed by atoms with E-state index in [0.29, 0.717) is 22.5 Å². The Morgan fingerprint density at radius 1 is 1.19 bits per heavy atom. The number of piperidine rings is 1. The second-order valence-electron chi connectivity index (χ2n) is 7.27. The highest BCUT2D eigenvalue weighted by Crippen LogP contribution is 2.54. The number of nitrogens with one attached hydrogen (secondary N) is 1. The molecule has 0 radical (unpaired) electrons. The molecule has 1 aromatic carbocycles. The molecule has 2 fully saturated rings. The van der Waals surface area contributed by atoms with E-state index in [4.69, 9.17) is 11.6 Å². The maximum Gasteiger partial charge on any atom is 0.258 e. The van der Waals surface area contributed by atoms with Crippen LogP contribution in [0.15, 0.2) is 24.3 Å². The molecule has 1 saturated heterocycles. The van der Waals surface area contributed by atoms with Crippen LogP contribution in [0.25, 0.3) is 0 Å². The minimum atomic E-state index is -0.169. The summed E-state index contributed by atoms with van der Waals surface area (Å²) in [5.41, 5.74) is 3.00. The van der Waals surface area contributed by atoms with E-state index in [2.05, 4.69) is 48.8 Å². The monoisotopic (exact) mass is 482 g/mol. The topological polar surface area (TPSA) is 58.1 Å². The van der Waals surface area contributed by atoms with Crippen LogP contribution in [0.3, 0.4) is 0 Å². The third kappa shape index (κ3) is 3.81. The average Bonchev–Trinajstić information content (AvgIpc) is 3.33. The third-order valence-corrected chi connectivity index (χ3v) is 6.23. The lowest BCUT2D eigenvalue weighted by atomic mass is 9.93. The number of aromatic nitrogens is 2. The Labute approximate surface area is 171 Å². The predicted molar refractivity (Wildman–Crippen MR) is 112 cm³/mol. The van der Waals surface area contributed by atoms with Gasteiger partial charge in [-0.3, -0.25) is 4.79 Å². The molecule has 2 heterocycles. The summed E-state index contributed by atoms with van der Waals surface area (Å²) in [6.07, 6.45) is 5.18. The Morgan fingerprint density at radius 2 is 1.92 bits per heavy atom. The summed E-state index contributed by atoms with van der Waals surface area (Å²) in [6.45, 7) is 3.85. The zero-order chi connectivity index (χ0) is 18.3. The van der Waals surface area contributed by atoms with Crippen LogP contribution < -0.4 is 10.2 Å². The van der Waals surface area contributed by atoms with Crippen LogP contribution in [0.2, 0.25) is 5.28 Å². The van der Waals surface area contributed by atoms with Gasteiger partial charge in [0.25, 0.3) is 5.91 Å². The highest BCUT2D eigenvalue weighted by atomic mass is 127. The fraction of sp³-hybridized carbons (Fsp3) is 0.421. The molecule has 26 heavy (non-hydrogen) atoms. The molecule has 136 valence electrons. The van der Waals surface area contributed by atoms with Crippen LogP contribution >= 0.6 is 34.2 Å². The Balaban J connectivity index is 1.58. The van der Waals surface area contributed by atoms with Crippen LogP contribution in [0.4, 0.5) is 11.5 Å². The number of halogens is 2. The normalized spacial score (nSPS) is 18.0. The average molecular weight is 483 g/mol. The van der Waals surface area contributed by atoms with Crippen molar-refractivity contribution in [3.63, 3.8) is 0 Å². The van der Waals surface area contributed by atoms with Crippen LogP contribution in [-0.4, -0.2) is 29.0 Å². The fourth-order valence-electron chi connectivity index (χ4n) is 3.64. The first-order chi connectivity index (χ1) is 12.4.